The SMILES string of the molecule is CCCCOC(=O)N(Cc1ccc([N+](=O)[O-])cc1)[C@@H](C[SeH])C(=O)O. The molecule has 0 radical (unpaired) electrons. The summed E-state index contributed by atoms with van der Waals surface area (Å²) in [5.41, 5.74) is 0.512. The molecule has 1 N–H and O–H groups in total. The van der Waals surface area contributed by atoms with Crippen LogP contribution >= 0.6 is 0 Å². The van der Waals surface area contributed by atoms with Gasteiger partial charge in [-0.25, -0.2) is 0 Å². The molecule has 9 heteroatoms. The van der Waals surface area contributed by atoms with E-state index in [2.05, 4.69) is 16.0 Å². The van der Waals surface area contributed by atoms with Crippen LogP contribution in [0.25, 0.3) is 0 Å². The summed E-state index contributed by atoms with van der Waals surface area (Å²) >= 11 is 2.14. The second kappa shape index (κ2) is 9.89. The van der Waals surface area contributed by atoms with Crippen molar-refractivity contribution in [1.82, 2.24) is 4.90 Å². The van der Waals surface area contributed by atoms with Gasteiger partial charge in [0.2, 0.25) is 0 Å². The molecule has 132 valence electrons. The van der Waals surface area contributed by atoms with Gasteiger partial charge in [0, 0.05) is 0 Å². The number of aliphatic carboxylic acids is 1. The molecule has 0 aliphatic carbocycles. The molecule has 0 unspecified atom stereocenters. The van der Waals surface area contributed by atoms with Gasteiger partial charge in [-0.3, -0.25) is 0 Å². The van der Waals surface area contributed by atoms with E-state index in [1.807, 2.05) is 6.92 Å². The van der Waals surface area contributed by atoms with E-state index >= 15 is 0 Å². The number of nitrogens with zero attached hydrogens (tertiary/aromatic N) is 2. The number of carbonyl (C=O) groups is 2. The Hall–Kier alpha value is -2.12. The predicted octanol–water partition coefficient (Wildman–Crippen LogP) is 2.11. The van der Waals surface area contributed by atoms with Crippen molar-refractivity contribution in [3.05, 3.63) is 39.9 Å². The number of ether oxygens (including phenoxy) is 1. The minimum atomic E-state index is -1.13. The number of rotatable bonds is 9. The van der Waals surface area contributed by atoms with Crippen LogP contribution < -0.4 is 0 Å². The number of carboxylic acids is 1. The molecular weight excluding hydrogens is 383 g/mol. The zero-order valence-electron chi connectivity index (χ0n) is 13.3. The van der Waals surface area contributed by atoms with Crippen LogP contribution in [0.3, 0.4) is 0 Å². The Morgan fingerprint density at radius 3 is 2.46 bits per heavy atom. The molecular formula is C15H20N2O6Se. The Bertz CT molecular complexity index is 578. The first-order valence-electron chi connectivity index (χ1n) is 7.41. The number of unbranched alkanes of at least 4 members (excludes halogenated alkanes) is 1. The van der Waals surface area contributed by atoms with Crippen LogP contribution in [-0.4, -0.2) is 55.7 Å². The van der Waals surface area contributed by atoms with Crippen LogP contribution in [0.2, 0.25) is 5.32 Å². The van der Waals surface area contributed by atoms with Gasteiger partial charge in [0.15, 0.2) is 0 Å². The molecule has 0 bridgehead atoms. The predicted molar refractivity (Wildman–Crippen MR) is 88.3 cm³/mol. The van der Waals surface area contributed by atoms with E-state index in [1.54, 1.807) is 0 Å². The zero-order valence-corrected chi connectivity index (χ0v) is 15.1. The summed E-state index contributed by atoms with van der Waals surface area (Å²) < 4.78 is 5.12. The van der Waals surface area contributed by atoms with E-state index in [0.717, 1.165) is 11.3 Å². The fraction of sp³-hybridized carbons (Fsp3) is 0.467. The molecule has 1 aromatic rings. The second-order valence-corrected chi connectivity index (χ2v) is 5.82. The number of nitro benzene ring substituents is 1. The molecule has 8 nitrogen and oxygen atoms in total. The van der Waals surface area contributed by atoms with Gasteiger partial charge in [-0.1, -0.05) is 0 Å². The van der Waals surface area contributed by atoms with Crippen molar-refractivity contribution in [3.8, 4) is 0 Å². The molecule has 24 heavy (non-hydrogen) atoms. The van der Waals surface area contributed by atoms with Crippen molar-refractivity contribution in [2.45, 2.75) is 37.7 Å². The van der Waals surface area contributed by atoms with Crippen LogP contribution in [0.5, 0.6) is 0 Å². The van der Waals surface area contributed by atoms with Crippen LogP contribution in [0.4, 0.5) is 10.5 Å². The number of carboxylic acid groups (broad SMARTS) is 1. The molecule has 0 spiro atoms. The summed E-state index contributed by atoms with van der Waals surface area (Å²) in [5.74, 6) is -1.13. The third-order valence-corrected chi connectivity index (χ3v) is 4.02. The molecule has 0 aromatic heterocycles. The molecule has 1 rings (SSSR count). The minimum absolute atomic E-state index is 0.00230. The van der Waals surface area contributed by atoms with Crippen molar-refractivity contribution >= 4 is 33.8 Å². The van der Waals surface area contributed by atoms with E-state index in [9.17, 15) is 24.8 Å². The van der Waals surface area contributed by atoms with E-state index in [-0.39, 0.29) is 24.2 Å². The Balaban J connectivity index is 2.93. The van der Waals surface area contributed by atoms with Crippen molar-refractivity contribution in [2.24, 2.45) is 0 Å². The molecule has 0 aliphatic heterocycles. The fourth-order valence-corrected chi connectivity index (χ4v) is 2.66. The van der Waals surface area contributed by atoms with Crippen LogP contribution in [-0.2, 0) is 16.1 Å². The first kappa shape index (κ1) is 19.9. The third-order valence-electron chi connectivity index (χ3n) is 3.29. The average molecular weight is 403 g/mol. The summed E-state index contributed by atoms with van der Waals surface area (Å²) in [4.78, 5) is 34.9. The van der Waals surface area contributed by atoms with Crippen LogP contribution in [0.1, 0.15) is 25.3 Å². The normalized spacial score (nSPS) is 11.6. The molecule has 1 aromatic carbocycles. The van der Waals surface area contributed by atoms with E-state index in [4.69, 9.17) is 4.74 Å². The molecule has 0 aliphatic rings. The Morgan fingerprint density at radius 2 is 2.00 bits per heavy atom. The fourth-order valence-electron chi connectivity index (χ4n) is 1.92. The van der Waals surface area contributed by atoms with Gasteiger partial charge < -0.3 is 0 Å². The summed E-state index contributed by atoms with van der Waals surface area (Å²) in [6.07, 6.45) is 0.833. The van der Waals surface area contributed by atoms with Gasteiger partial charge in [0.1, 0.15) is 0 Å². The number of hydrogen-bond acceptors (Lipinski definition) is 5. The van der Waals surface area contributed by atoms with Gasteiger partial charge in [0.25, 0.3) is 0 Å². The standard InChI is InChI=1S/C15H20N2O6Se/c1-2-3-8-23-15(20)16(13(10-24)14(18)19)9-11-4-6-12(7-5-11)17(21)22/h4-7,13,24H,2-3,8-10H2,1H3,(H,18,19)/t13-/m0/s1. The first-order valence-corrected chi connectivity index (χ1v) is 8.73. The molecule has 0 heterocycles. The maximum atomic E-state index is 12.2. The van der Waals surface area contributed by atoms with E-state index in [1.165, 1.54) is 24.3 Å². The summed E-state index contributed by atoms with van der Waals surface area (Å²) in [6, 6.07) is 4.57. The number of amides is 1. The van der Waals surface area contributed by atoms with Gasteiger partial charge in [-0.15, -0.1) is 0 Å². The molecule has 0 fully saturated rings. The molecule has 1 amide bonds. The molecule has 0 saturated carbocycles. The quantitative estimate of drug-likeness (QED) is 0.293. The number of hydrogen-bond donors (Lipinski definition) is 1. The first-order chi connectivity index (χ1) is 11.4. The van der Waals surface area contributed by atoms with Gasteiger partial charge >= 0.3 is 147 Å². The van der Waals surface area contributed by atoms with Gasteiger partial charge in [0.05, 0.1) is 0 Å². The number of benzene rings is 1. The second-order valence-electron chi connectivity index (χ2n) is 5.06. The molecule has 0 saturated heterocycles. The van der Waals surface area contributed by atoms with Gasteiger partial charge in [-0.05, 0) is 0 Å². The maximum absolute atomic E-state index is 12.2. The summed E-state index contributed by atoms with van der Waals surface area (Å²) in [6.45, 7) is 2.17. The summed E-state index contributed by atoms with van der Waals surface area (Å²) in [5, 5.41) is 20.1. The van der Waals surface area contributed by atoms with Crippen LogP contribution in [0.15, 0.2) is 24.3 Å². The van der Waals surface area contributed by atoms with E-state index < -0.39 is 23.0 Å². The number of nitro groups is 1. The Morgan fingerprint density at radius 1 is 1.38 bits per heavy atom. The Labute approximate surface area is 147 Å². The van der Waals surface area contributed by atoms with Crippen molar-refractivity contribution in [1.29, 1.82) is 0 Å². The third kappa shape index (κ3) is 5.82. The van der Waals surface area contributed by atoms with Crippen molar-refractivity contribution in [3.63, 3.8) is 0 Å². The topological polar surface area (TPSA) is 110 Å². The monoisotopic (exact) mass is 404 g/mol. The average Bonchev–Trinajstić information content (AvgIpc) is 2.54. The number of non-ortho nitro benzene ring substituents is 1. The van der Waals surface area contributed by atoms with Gasteiger partial charge in [-0.2, -0.15) is 0 Å². The van der Waals surface area contributed by atoms with Crippen molar-refractivity contribution in [2.75, 3.05) is 6.61 Å². The Kier molecular flexibility index (Phi) is 8.21. The number of carbonyl (C=O) groups excluding carboxylic acids is 1. The van der Waals surface area contributed by atoms with Crippen molar-refractivity contribution < 1.29 is 24.4 Å². The van der Waals surface area contributed by atoms with E-state index in [0.29, 0.717) is 12.0 Å². The summed E-state index contributed by atoms with van der Waals surface area (Å²) in [7, 11) is 0. The van der Waals surface area contributed by atoms with Crippen LogP contribution in [0, 0.1) is 10.1 Å². The zero-order chi connectivity index (χ0) is 18.1. The molecule has 1 atom stereocenters.